The van der Waals surface area contributed by atoms with Crippen molar-refractivity contribution in [1.82, 2.24) is 15.2 Å². The molecule has 4 rings (SSSR count). The molecule has 120 valence electrons. The quantitative estimate of drug-likeness (QED) is 0.891. The van der Waals surface area contributed by atoms with Crippen molar-refractivity contribution in [3.63, 3.8) is 0 Å². The minimum atomic E-state index is -0.333. The van der Waals surface area contributed by atoms with Crippen molar-refractivity contribution >= 4 is 28.5 Å². The van der Waals surface area contributed by atoms with E-state index in [4.69, 9.17) is 0 Å². The first-order valence-corrected chi connectivity index (χ1v) is 8.15. The fraction of sp³-hybridized carbons (Fsp3) is 0.412. The summed E-state index contributed by atoms with van der Waals surface area (Å²) < 4.78 is 2.30. The van der Waals surface area contributed by atoms with Gasteiger partial charge >= 0.3 is 6.03 Å². The molecule has 2 fully saturated rings. The van der Waals surface area contributed by atoms with E-state index < -0.39 is 0 Å². The summed E-state index contributed by atoms with van der Waals surface area (Å²) in [7, 11) is 0. The van der Waals surface area contributed by atoms with Crippen LogP contribution in [-0.4, -0.2) is 36.1 Å². The number of urea groups is 1. The molecule has 2 saturated heterocycles. The van der Waals surface area contributed by atoms with E-state index in [1.807, 2.05) is 12.1 Å². The first-order valence-electron chi connectivity index (χ1n) is 8.15. The summed E-state index contributed by atoms with van der Waals surface area (Å²) >= 11 is 0. The molecule has 3 amide bonds. The van der Waals surface area contributed by atoms with Gasteiger partial charge in [0, 0.05) is 37.1 Å². The number of carbonyl (C=O) groups is 2. The SMILES string of the molecule is O=C1CCN(c2cccc3c2ccn3C2CCCNC2)C(=O)N1. The van der Waals surface area contributed by atoms with E-state index in [9.17, 15) is 9.59 Å². The van der Waals surface area contributed by atoms with Crippen molar-refractivity contribution in [2.45, 2.75) is 25.3 Å². The molecule has 1 atom stereocenters. The summed E-state index contributed by atoms with van der Waals surface area (Å²) in [6.45, 7) is 2.50. The lowest BCUT2D eigenvalue weighted by Gasteiger charge is -2.28. The molecule has 2 aliphatic heterocycles. The molecule has 2 aromatic rings. The second kappa shape index (κ2) is 5.70. The van der Waals surface area contributed by atoms with Crippen LogP contribution in [0.4, 0.5) is 10.5 Å². The second-order valence-electron chi connectivity index (χ2n) is 6.19. The third kappa shape index (κ3) is 2.49. The Hall–Kier alpha value is -2.34. The van der Waals surface area contributed by atoms with Gasteiger partial charge in [-0.2, -0.15) is 0 Å². The van der Waals surface area contributed by atoms with Crippen molar-refractivity contribution < 1.29 is 9.59 Å². The molecule has 0 aliphatic carbocycles. The molecular formula is C17H20N4O2. The van der Waals surface area contributed by atoms with E-state index >= 15 is 0 Å². The fourth-order valence-electron chi connectivity index (χ4n) is 3.59. The minimum absolute atomic E-state index is 0.204. The maximum absolute atomic E-state index is 12.1. The van der Waals surface area contributed by atoms with Crippen molar-refractivity contribution in [2.75, 3.05) is 24.5 Å². The molecule has 3 heterocycles. The Balaban J connectivity index is 1.73. The van der Waals surface area contributed by atoms with Gasteiger partial charge in [-0.3, -0.25) is 15.0 Å². The fourth-order valence-corrected chi connectivity index (χ4v) is 3.59. The number of anilines is 1. The number of rotatable bonds is 2. The predicted octanol–water partition coefficient (Wildman–Crippen LogP) is 2.01. The van der Waals surface area contributed by atoms with Gasteiger partial charge in [-0.05, 0) is 37.6 Å². The van der Waals surface area contributed by atoms with Gasteiger partial charge in [-0.1, -0.05) is 6.07 Å². The van der Waals surface area contributed by atoms with E-state index in [1.54, 1.807) is 4.90 Å². The Morgan fingerprint density at radius 3 is 2.87 bits per heavy atom. The van der Waals surface area contributed by atoms with Crippen LogP contribution in [0.5, 0.6) is 0 Å². The van der Waals surface area contributed by atoms with Gasteiger partial charge in [0.05, 0.1) is 11.2 Å². The number of hydrogen-bond acceptors (Lipinski definition) is 3. The zero-order chi connectivity index (χ0) is 15.8. The molecule has 2 aliphatic rings. The van der Waals surface area contributed by atoms with Crippen molar-refractivity contribution in [3.05, 3.63) is 30.5 Å². The Labute approximate surface area is 134 Å². The summed E-state index contributed by atoms with van der Waals surface area (Å²) in [5, 5.41) is 6.90. The van der Waals surface area contributed by atoms with Crippen LogP contribution in [0, 0.1) is 0 Å². The van der Waals surface area contributed by atoms with Crippen LogP contribution >= 0.6 is 0 Å². The Kier molecular flexibility index (Phi) is 3.53. The number of aromatic nitrogens is 1. The summed E-state index contributed by atoms with van der Waals surface area (Å²) in [4.78, 5) is 25.1. The summed E-state index contributed by atoms with van der Waals surface area (Å²) in [6, 6.07) is 8.22. The molecular weight excluding hydrogens is 292 g/mol. The number of imide groups is 1. The third-order valence-corrected chi connectivity index (χ3v) is 4.75. The highest BCUT2D eigenvalue weighted by atomic mass is 16.2. The van der Waals surface area contributed by atoms with Gasteiger partial charge in [0.1, 0.15) is 0 Å². The van der Waals surface area contributed by atoms with Gasteiger partial charge in [0.25, 0.3) is 0 Å². The van der Waals surface area contributed by atoms with Gasteiger partial charge in [-0.15, -0.1) is 0 Å². The predicted molar refractivity (Wildman–Crippen MR) is 88.6 cm³/mol. The molecule has 23 heavy (non-hydrogen) atoms. The highest BCUT2D eigenvalue weighted by Gasteiger charge is 2.26. The number of piperidine rings is 1. The third-order valence-electron chi connectivity index (χ3n) is 4.75. The molecule has 0 spiro atoms. The first kappa shape index (κ1) is 14.3. The molecule has 0 bridgehead atoms. The van der Waals surface area contributed by atoms with Crippen molar-refractivity contribution in [1.29, 1.82) is 0 Å². The zero-order valence-electron chi connectivity index (χ0n) is 12.9. The summed E-state index contributed by atoms with van der Waals surface area (Å²) in [6.07, 6.45) is 4.80. The monoisotopic (exact) mass is 312 g/mol. The number of benzene rings is 1. The molecule has 0 radical (unpaired) electrons. The van der Waals surface area contributed by atoms with Gasteiger partial charge in [-0.25, -0.2) is 4.79 Å². The molecule has 1 aromatic carbocycles. The Bertz CT molecular complexity index is 761. The summed E-state index contributed by atoms with van der Waals surface area (Å²) in [5.74, 6) is -0.204. The van der Waals surface area contributed by atoms with E-state index in [0.29, 0.717) is 19.0 Å². The van der Waals surface area contributed by atoms with Gasteiger partial charge in [0.15, 0.2) is 0 Å². The smallest absolute Gasteiger partial charge is 0.328 e. The first-order chi connectivity index (χ1) is 11.2. The van der Waals surface area contributed by atoms with E-state index in [2.05, 4.69) is 33.5 Å². The van der Waals surface area contributed by atoms with E-state index in [1.165, 1.54) is 12.8 Å². The average molecular weight is 312 g/mol. The van der Waals surface area contributed by atoms with Crippen LogP contribution in [0.3, 0.4) is 0 Å². The zero-order valence-corrected chi connectivity index (χ0v) is 12.9. The lowest BCUT2D eigenvalue weighted by Crippen LogP contribution is -2.49. The van der Waals surface area contributed by atoms with Crippen LogP contribution in [0.25, 0.3) is 10.9 Å². The van der Waals surface area contributed by atoms with E-state index in [-0.39, 0.29) is 11.9 Å². The van der Waals surface area contributed by atoms with Crippen LogP contribution in [0.1, 0.15) is 25.3 Å². The standard InChI is InChI=1S/C17H20N4O2/c22-16-7-10-21(17(23)19-16)15-5-1-4-14-13(15)6-9-20(14)12-3-2-8-18-11-12/h1,4-6,9,12,18H,2-3,7-8,10-11H2,(H,19,22,23). The Morgan fingerprint density at radius 2 is 2.09 bits per heavy atom. The topological polar surface area (TPSA) is 66.4 Å². The molecule has 6 nitrogen and oxygen atoms in total. The van der Waals surface area contributed by atoms with Crippen molar-refractivity contribution in [3.8, 4) is 0 Å². The second-order valence-corrected chi connectivity index (χ2v) is 6.19. The van der Waals surface area contributed by atoms with Crippen LogP contribution in [0.2, 0.25) is 0 Å². The number of nitrogens with one attached hydrogen (secondary N) is 2. The molecule has 0 saturated carbocycles. The van der Waals surface area contributed by atoms with Crippen LogP contribution < -0.4 is 15.5 Å². The van der Waals surface area contributed by atoms with E-state index in [0.717, 1.165) is 29.7 Å². The number of hydrogen-bond donors (Lipinski definition) is 2. The largest absolute Gasteiger partial charge is 0.343 e. The maximum atomic E-state index is 12.1. The number of nitrogens with zero attached hydrogens (tertiary/aromatic N) is 2. The molecule has 6 heteroatoms. The minimum Gasteiger partial charge on any atom is -0.343 e. The van der Waals surface area contributed by atoms with Crippen molar-refractivity contribution in [2.24, 2.45) is 0 Å². The molecule has 2 N–H and O–H groups in total. The number of carbonyl (C=O) groups excluding carboxylic acids is 2. The van der Waals surface area contributed by atoms with Gasteiger partial charge in [0.2, 0.25) is 5.91 Å². The van der Waals surface area contributed by atoms with Crippen LogP contribution in [-0.2, 0) is 4.79 Å². The number of fused-ring (bicyclic) bond motifs is 1. The molecule has 1 unspecified atom stereocenters. The lowest BCUT2D eigenvalue weighted by molar-refractivity contribution is -0.120. The highest BCUT2D eigenvalue weighted by molar-refractivity contribution is 6.09. The maximum Gasteiger partial charge on any atom is 0.328 e. The van der Waals surface area contributed by atoms with Crippen LogP contribution in [0.15, 0.2) is 30.5 Å². The average Bonchev–Trinajstić information content (AvgIpc) is 3.00. The number of amides is 3. The normalized spacial score (nSPS) is 22.4. The highest BCUT2D eigenvalue weighted by Crippen LogP contribution is 2.31. The molecule has 1 aromatic heterocycles. The summed E-state index contributed by atoms with van der Waals surface area (Å²) in [5.41, 5.74) is 2.01. The van der Waals surface area contributed by atoms with Gasteiger partial charge < -0.3 is 9.88 Å². The lowest BCUT2D eigenvalue weighted by atomic mass is 10.1. The Morgan fingerprint density at radius 1 is 1.17 bits per heavy atom.